The van der Waals surface area contributed by atoms with Crippen molar-refractivity contribution in [1.29, 1.82) is 0 Å². The minimum Gasteiger partial charge on any atom is -0.274 e. The number of carbonyl (C=O) groups excluding carboxylic acids is 2. The molecule has 4 bridgehead atoms. The van der Waals surface area contributed by atoms with Crippen LogP contribution in [0.5, 0.6) is 0 Å². The first kappa shape index (κ1) is 6.40. The fourth-order valence-corrected chi connectivity index (χ4v) is 2.58. The molecule has 3 heteroatoms. The summed E-state index contributed by atoms with van der Waals surface area (Å²) >= 11 is 0. The van der Waals surface area contributed by atoms with Gasteiger partial charge in [0.25, 0.3) is 5.91 Å². The van der Waals surface area contributed by atoms with E-state index in [1.165, 1.54) is 4.90 Å². The highest BCUT2D eigenvalue weighted by atomic mass is 16.2. The van der Waals surface area contributed by atoms with Gasteiger partial charge in [0.1, 0.15) is 0 Å². The van der Waals surface area contributed by atoms with Crippen LogP contribution in [0.3, 0.4) is 0 Å². The molecule has 3 aliphatic heterocycles. The van der Waals surface area contributed by atoms with Gasteiger partial charge in [-0.1, -0.05) is 13.0 Å². The van der Waals surface area contributed by atoms with Crippen molar-refractivity contribution in [3.05, 3.63) is 11.6 Å². The number of piperidine rings is 1. The third-order valence-corrected chi connectivity index (χ3v) is 3.22. The van der Waals surface area contributed by atoms with Gasteiger partial charge in [0, 0.05) is 5.57 Å². The molecule has 3 nitrogen and oxygen atoms in total. The van der Waals surface area contributed by atoms with Crippen molar-refractivity contribution in [2.24, 2.45) is 11.8 Å². The molecule has 0 saturated carbocycles. The predicted octanol–water partition coefficient (Wildman–Crippen LogP) is 0.320. The van der Waals surface area contributed by atoms with Crippen molar-refractivity contribution in [1.82, 2.24) is 4.90 Å². The predicted molar refractivity (Wildman–Crippen MR) is 41.0 cm³/mol. The molecule has 2 saturated heterocycles. The second-order valence-corrected chi connectivity index (χ2v) is 3.89. The maximum absolute atomic E-state index is 11.4. The number of hydrogen-bond donors (Lipinski definition) is 0. The molecule has 1 aliphatic carbocycles. The molecule has 0 aromatic carbocycles. The van der Waals surface area contributed by atoms with Crippen molar-refractivity contribution in [2.45, 2.75) is 19.4 Å². The lowest BCUT2D eigenvalue weighted by Crippen LogP contribution is -2.46. The summed E-state index contributed by atoms with van der Waals surface area (Å²) in [6.07, 6.45) is 2.85. The fourth-order valence-electron chi connectivity index (χ4n) is 2.58. The smallest absolute Gasteiger partial charge is 0.257 e. The van der Waals surface area contributed by atoms with Crippen LogP contribution in [0, 0.1) is 11.8 Å². The molecule has 3 unspecified atom stereocenters. The minimum absolute atomic E-state index is 0.0284. The Kier molecular flexibility index (Phi) is 0.868. The van der Waals surface area contributed by atoms with E-state index in [2.05, 4.69) is 6.92 Å². The number of carbonyl (C=O) groups is 2. The summed E-state index contributed by atoms with van der Waals surface area (Å²) in [5.41, 5.74) is 0.767. The molecule has 0 radical (unpaired) electrons. The molecular weight excluding hydrogens is 154 g/mol. The van der Waals surface area contributed by atoms with E-state index in [4.69, 9.17) is 0 Å². The zero-order valence-corrected chi connectivity index (χ0v) is 6.78. The van der Waals surface area contributed by atoms with E-state index in [-0.39, 0.29) is 23.8 Å². The van der Waals surface area contributed by atoms with Gasteiger partial charge in [0.05, 0.1) is 12.0 Å². The van der Waals surface area contributed by atoms with Crippen LogP contribution in [0.2, 0.25) is 0 Å². The zero-order valence-electron chi connectivity index (χ0n) is 6.78. The molecule has 4 rings (SSSR count). The van der Waals surface area contributed by atoms with Gasteiger partial charge in [-0.15, -0.1) is 0 Å². The Morgan fingerprint density at radius 3 is 2.75 bits per heavy atom. The molecule has 0 aromatic rings. The van der Waals surface area contributed by atoms with E-state index < -0.39 is 0 Å². The Hall–Kier alpha value is -1.12. The SMILES string of the molecule is CC1CC2C(=O)N3C(=O)C2=CC13. The molecule has 3 heterocycles. The third-order valence-electron chi connectivity index (χ3n) is 3.22. The normalized spacial score (nSPS) is 42.9. The van der Waals surface area contributed by atoms with Gasteiger partial charge in [-0.05, 0) is 12.3 Å². The van der Waals surface area contributed by atoms with Crippen molar-refractivity contribution in [3.63, 3.8) is 0 Å². The molecule has 3 atom stereocenters. The number of fused-ring (bicyclic) bond motifs is 1. The lowest BCUT2D eigenvalue weighted by Gasteiger charge is -2.35. The monoisotopic (exact) mass is 163 g/mol. The summed E-state index contributed by atoms with van der Waals surface area (Å²) in [4.78, 5) is 24.3. The summed E-state index contributed by atoms with van der Waals surface area (Å²) in [6.45, 7) is 2.10. The number of hydrogen-bond acceptors (Lipinski definition) is 2. The van der Waals surface area contributed by atoms with Gasteiger partial charge in [0.15, 0.2) is 0 Å². The zero-order chi connectivity index (χ0) is 8.46. The lowest BCUT2D eigenvalue weighted by atomic mass is 9.79. The minimum atomic E-state index is -0.0856. The van der Waals surface area contributed by atoms with E-state index in [1.54, 1.807) is 0 Å². The molecule has 2 fully saturated rings. The van der Waals surface area contributed by atoms with Gasteiger partial charge >= 0.3 is 0 Å². The van der Waals surface area contributed by atoms with Crippen LogP contribution in [0.4, 0.5) is 0 Å². The van der Waals surface area contributed by atoms with Crippen molar-refractivity contribution >= 4 is 11.8 Å². The molecule has 0 N–H and O–H groups in total. The standard InChI is InChI=1S/C9H9NO2/c1-4-2-5-6-3-7(4)10(8(5)11)9(6)12/h3-5,7H,2H2,1H3. The highest BCUT2D eigenvalue weighted by Gasteiger charge is 2.56. The number of nitrogens with zero attached hydrogens (tertiary/aromatic N) is 1. The van der Waals surface area contributed by atoms with Crippen LogP contribution in [0.25, 0.3) is 0 Å². The van der Waals surface area contributed by atoms with Crippen LogP contribution in [0.15, 0.2) is 11.6 Å². The summed E-state index contributed by atoms with van der Waals surface area (Å²) in [5, 5.41) is 0. The Morgan fingerprint density at radius 2 is 2.25 bits per heavy atom. The Balaban J connectivity index is 2.21. The average Bonchev–Trinajstić information content (AvgIpc) is 2.43. The Bertz CT molecular complexity index is 331. The summed E-state index contributed by atoms with van der Waals surface area (Å²) in [5.74, 6) is 0.389. The topological polar surface area (TPSA) is 37.4 Å². The number of imide groups is 1. The number of amides is 2. The van der Waals surface area contributed by atoms with E-state index in [0.717, 1.165) is 12.0 Å². The fraction of sp³-hybridized carbons (Fsp3) is 0.556. The molecule has 4 aliphatic rings. The molecule has 2 amide bonds. The Morgan fingerprint density at radius 1 is 1.50 bits per heavy atom. The first-order valence-electron chi connectivity index (χ1n) is 4.29. The highest BCUT2D eigenvalue weighted by molar-refractivity contribution is 6.18. The maximum Gasteiger partial charge on any atom is 0.257 e. The van der Waals surface area contributed by atoms with E-state index in [0.29, 0.717) is 5.92 Å². The van der Waals surface area contributed by atoms with Gasteiger partial charge in [-0.3, -0.25) is 14.5 Å². The van der Waals surface area contributed by atoms with Crippen molar-refractivity contribution in [3.8, 4) is 0 Å². The van der Waals surface area contributed by atoms with Crippen molar-refractivity contribution in [2.75, 3.05) is 0 Å². The van der Waals surface area contributed by atoms with E-state index in [9.17, 15) is 9.59 Å². The van der Waals surface area contributed by atoms with Gasteiger partial charge in [0.2, 0.25) is 5.91 Å². The first-order valence-corrected chi connectivity index (χ1v) is 4.29. The molecule has 0 spiro atoms. The maximum atomic E-state index is 11.4. The van der Waals surface area contributed by atoms with Crippen LogP contribution >= 0.6 is 0 Å². The quantitative estimate of drug-likeness (QED) is 0.482. The van der Waals surface area contributed by atoms with E-state index in [1.807, 2.05) is 6.08 Å². The average molecular weight is 163 g/mol. The lowest BCUT2D eigenvalue weighted by molar-refractivity contribution is -0.144. The van der Waals surface area contributed by atoms with E-state index >= 15 is 0 Å². The van der Waals surface area contributed by atoms with Crippen LogP contribution in [-0.4, -0.2) is 22.8 Å². The van der Waals surface area contributed by atoms with Crippen LogP contribution < -0.4 is 0 Å². The van der Waals surface area contributed by atoms with Gasteiger partial charge in [-0.2, -0.15) is 0 Å². The third kappa shape index (κ3) is 0.453. The number of rotatable bonds is 0. The summed E-state index contributed by atoms with van der Waals surface area (Å²) in [6, 6.07) is 0.0880. The summed E-state index contributed by atoms with van der Waals surface area (Å²) < 4.78 is 0. The molecular formula is C9H9NO2. The van der Waals surface area contributed by atoms with Crippen molar-refractivity contribution < 1.29 is 9.59 Å². The summed E-state index contributed by atoms with van der Waals surface area (Å²) in [7, 11) is 0. The first-order chi connectivity index (χ1) is 5.70. The molecule has 12 heavy (non-hydrogen) atoms. The largest absolute Gasteiger partial charge is 0.274 e. The second kappa shape index (κ2) is 1.63. The van der Waals surface area contributed by atoms with Crippen LogP contribution in [-0.2, 0) is 9.59 Å². The second-order valence-electron chi connectivity index (χ2n) is 3.89. The van der Waals surface area contributed by atoms with Gasteiger partial charge in [-0.25, -0.2) is 0 Å². The molecule has 0 aromatic heterocycles. The Labute approximate surface area is 70.0 Å². The highest BCUT2D eigenvalue weighted by Crippen LogP contribution is 2.46. The van der Waals surface area contributed by atoms with Gasteiger partial charge < -0.3 is 0 Å². The molecule has 62 valence electrons. The van der Waals surface area contributed by atoms with Crippen LogP contribution in [0.1, 0.15) is 13.3 Å².